The summed E-state index contributed by atoms with van der Waals surface area (Å²) < 4.78 is 2.05. The molecule has 0 saturated carbocycles. The molecule has 3 nitrogen and oxygen atoms in total. The van der Waals surface area contributed by atoms with Gasteiger partial charge >= 0.3 is 0 Å². The maximum Gasteiger partial charge on any atom is 0.207 e. The van der Waals surface area contributed by atoms with Gasteiger partial charge in [0.15, 0.2) is 0 Å². The summed E-state index contributed by atoms with van der Waals surface area (Å²) in [6.07, 6.45) is 3.78. The highest BCUT2D eigenvalue weighted by atomic mass is 15.2. The fraction of sp³-hybridized carbons (Fsp3) is 0.118. The van der Waals surface area contributed by atoms with E-state index in [1.165, 1.54) is 11.1 Å². The Bertz CT molecular complexity index is 669. The van der Waals surface area contributed by atoms with Gasteiger partial charge in [-0.3, -0.25) is 4.57 Å². The highest BCUT2D eigenvalue weighted by Crippen LogP contribution is 2.14. The summed E-state index contributed by atoms with van der Waals surface area (Å²) >= 11 is 0. The monoisotopic (exact) mass is 263 g/mol. The second-order valence-electron chi connectivity index (χ2n) is 4.80. The van der Waals surface area contributed by atoms with Crippen LogP contribution in [0, 0.1) is 6.92 Å². The molecule has 0 unspecified atom stereocenters. The quantitative estimate of drug-likeness (QED) is 0.776. The number of imidazole rings is 1. The molecular formula is C17H17N3. The van der Waals surface area contributed by atoms with E-state index in [9.17, 15) is 0 Å². The second-order valence-corrected chi connectivity index (χ2v) is 4.80. The Labute approximate surface area is 118 Å². The van der Waals surface area contributed by atoms with Crippen molar-refractivity contribution in [3.63, 3.8) is 0 Å². The van der Waals surface area contributed by atoms with Gasteiger partial charge in [-0.1, -0.05) is 48.0 Å². The number of aromatic nitrogens is 2. The first kappa shape index (κ1) is 12.5. The molecule has 3 heteroatoms. The van der Waals surface area contributed by atoms with E-state index in [0.29, 0.717) is 0 Å². The first-order chi connectivity index (χ1) is 9.83. The highest BCUT2D eigenvalue weighted by Gasteiger charge is 2.03. The molecule has 3 rings (SSSR count). The van der Waals surface area contributed by atoms with Crippen LogP contribution in [0.5, 0.6) is 0 Å². The zero-order valence-corrected chi connectivity index (χ0v) is 11.5. The van der Waals surface area contributed by atoms with Gasteiger partial charge in [0.2, 0.25) is 5.95 Å². The lowest BCUT2D eigenvalue weighted by atomic mass is 10.1. The van der Waals surface area contributed by atoms with Crippen molar-refractivity contribution in [1.82, 2.24) is 9.55 Å². The van der Waals surface area contributed by atoms with Gasteiger partial charge in [-0.2, -0.15) is 0 Å². The van der Waals surface area contributed by atoms with Crippen molar-refractivity contribution < 1.29 is 0 Å². The topological polar surface area (TPSA) is 29.9 Å². The second kappa shape index (κ2) is 5.61. The number of hydrogen-bond acceptors (Lipinski definition) is 2. The van der Waals surface area contributed by atoms with Crippen LogP contribution < -0.4 is 5.32 Å². The van der Waals surface area contributed by atoms with Crippen molar-refractivity contribution in [3.05, 3.63) is 78.1 Å². The van der Waals surface area contributed by atoms with Crippen molar-refractivity contribution in [3.8, 4) is 5.69 Å². The number of hydrogen-bond donors (Lipinski definition) is 1. The fourth-order valence-electron chi connectivity index (χ4n) is 2.12. The van der Waals surface area contributed by atoms with Crippen molar-refractivity contribution in [1.29, 1.82) is 0 Å². The molecule has 0 amide bonds. The largest absolute Gasteiger partial charge is 0.351 e. The van der Waals surface area contributed by atoms with E-state index in [1.54, 1.807) is 0 Å². The summed E-state index contributed by atoms with van der Waals surface area (Å²) in [6.45, 7) is 2.86. The fourth-order valence-corrected chi connectivity index (χ4v) is 2.12. The van der Waals surface area contributed by atoms with Crippen LogP contribution in [0.15, 0.2) is 67.0 Å². The van der Waals surface area contributed by atoms with E-state index >= 15 is 0 Å². The molecule has 1 heterocycles. The van der Waals surface area contributed by atoms with Crippen molar-refractivity contribution >= 4 is 5.95 Å². The summed E-state index contributed by atoms with van der Waals surface area (Å²) in [5, 5.41) is 3.38. The predicted molar refractivity (Wildman–Crippen MR) is 82.1 cm³/mol. The van der Waals surface area contributed by atoms with Gasteiger partial charge in [-0.15, -0.1) is 0 Å². The van der Waals surface area contributed by atoms with Crippen molar-refractivity contribution in [2.24, 2.45) is 0 Å². The molecule has 3 aromatic rings. The summed E-state index contributed by atoms with van der Waals surface area (Å²) in [5.74, 6) is 0.858. The van der Waals surface area contributed by atoms with Crippen LogP contribution in [0.4, 0.5) is 5.95 Å². The zero-order chi connectivity index (χ0) is 13.8. The average Bonchev–Trinajstić information content (AvgIpc) is 2.96. The molecule has 0 saturated heterocycles. The molecule has 0 atom stereocenters. The first-order valence-electron chi connectivity index (χ1n) is 6.71. The minimum absolute atomic E-state index is 0.768. The summed E-state index contributed by atoms with van der Waals surface area (Å²) in [5.41, 5.74) is 3.63. The number of nitrogens with zero attached hydrogens (tertiary/aromatic N) is 2. The van der Waals surface area contributed by atoms with Gasteiger partial charge in [0.1, 0.15) is 0 Å². The molecule has 0 aliphatic rings. The van der Waals surface area contributed by atoms with Crippen LogP contribution in [-0.4, -0.2) is 9.55 Å². The highest BCUT2D eigenvalue weighted by molar-refractivity contribution is 5.42. The Morgan fingerprint density at radius 2 is 1.75 bits per heavy atom. The van der Waals surface area contributed by atoms with Crippen LogP contribution in [0.25, 0.3) is 5.69 Å². The Morgan fingerprint density at radius 3 is 2.50 bits per heavy atom. The molecule has 20 heavy (non-hydrogen) atoms. The van der Waals surface area contributed by atoms with Crippen LogP contribution >= 0.6 is 0 Å². The summed E-state index contributed by atoms with van der Waals surface area (Å²) in [6, 6.07) is 18.7. The standard InChI is InChI=1S/C17H17N3/c1-14-7-9-15(10-8-14)13-19-17-18-11-12-20(17)16-5-3-2-4-6-16/h2-12H,13H2,1H3,(H,18,19). The summed E-state index contributed by atoms with van der Waals surface area (Å²) in [4.78, 5) is 4.38. The molecule has 0 bridgehead atoms. The van der Waals surface area contributed by atoms with Gasteiger partial charge in [-0.05, 0) is 24.6 Å². The molecule has 100 valence electrons. The number of benzene rings is 2. The molecule has 0 fully saturated rings. The van der Waals surface area contributed by atoms with E-state index in [1.807, 2.05) is 35.2 Å². The Kier molecular flexibility index (Phi) is 3.50. The van der Waals surface area contributed by atoms with E-state index in [4.69, 9.17) is 0 Å². The minimum Gasteiger partial charge on any atom is -0.351 e. The first-order valence-corrected chi connectivity index (χ1v) is 6.71. The average molecular weight is 263 g/mol. The van der Waals surface area contributed by atoms with Crippen LogP contribution in [0.3, 0.4) is 0 Å². The molecular weight excluding hydrogens is 246 g/mol. The summed E-state index contributed by atoms with van der Waals surface area (Å²) in [7, 11) is 0. The Balaban J connectivity index is 1.76. The molecule has 0 aliphatic carbocycles. The van der Waals surface area contributed by atoms with E-state index < -0.39 is 0 Å². The lowest BCUT2D eigenvalue weighted by molar-refractivity contribution is 1.00. The van der Waals surface area contributed by atoms with E-state index in [0.717, 1.165) is 18.2 Å². The van der Waals surface area contributed by atoms with Gasteiger partial charge in [0.05, 0.1) is 0 Å². The number of para-hydroxylation sites is 1. The maximum absolute atomic E-state index is 4.38. The molecule has 0 aliphatic heterocycles. The van der Waals surface area contributed by atoms with Crippen LogP contribution in [-0.2, 0) is 6.54 Å². The van der Waals surface area contributed by atoms with Crippen molar-refractivity contribution in [2.45, 2.75) is 13.5 Å². The molecule has 1 N–H and O–H groups in total. The molecule has 2 aromatic carbocycles. The third kappa shape index (κ3) is 2.72. The Morgan fingerprint density at radius 1 is 1.00 bits per heavy atom. The van der Waals surface area contributed by atoms with Gasteiger partial charge < -0.3 is 5.32 Å². The molecule has 0 radical (unpaired) electrons. The van der Waals surface area contributed by atoms with Crippen molar-refractivity contribution in [2.75, 3.05) is 5.32 Å². The predicted octanol–water partition coefficient (Wildman–Crippen LogP) is 3.79. The van der Waals surface area contributed by atoms with Gasteiger partial charge in [0.25, 0.3) is 0 Å². The van der Waals surface area contributed by atoms with Crippen LogP contribution in [0.2, 0.25) is 0 Å². The zero-order valence-electron chi connectivity index (χ0n) is 11.5. The molecule has 0 spiro atoms. The minimum atomic E-state index is 0.768. The molecule has 1 aromatic heterocycles. The number of aryl methyl sites for hydroxylation is 1. The SMILES string of the molecule is Cc1ccc(CNc2nccn2-c2ccccc2)cc1. The van der Waals surface area contributed by atoms with E-state index in [2.05, 4.69) is 53.6 Å². The maximum atomic E-state index is 4.38. The number of anilines is 1. The van der Waals surface area contributed by atoms with Crippen LogP contribution in [0.1, 0.15) is 11.1 Å². The lowest BCUT2D eigenvalue weighted by Gasteiger charge is -2.10. The third-order valence-electron chi connectivity index (χ3n) is 3.25. The third-order valence-corrected chi connectivity index (χ3v) is 3.25. The van der Waals surface area contributed by atoms with E-state index in [-0.39, 0.29) is 0 Å². The Hall–Kier alpha value is -2.55. The smallest absolute Gasteiger partial charge is 0.207 e. The number of rotatable bonds is 4. The van der Waals surface area contributed by atoms with Gasteiger partial charge in [0, 0.05) is 24.6 Å². The lowest BCUT2D eigenvalue weighted by Crippen LogP contribution is -2.05. The normalized spacial score (nSPS) is 10.4. The number of nitrogens with one attached hydrogen (secondary N) is 1. The van der Waals surface area contributed by atoms with Gasteiger partial charge in [-0.25, -0.2) is 4.98 Å².